The number of aryl methyl sites for hydroxylation is 1. The highest BCUT2D eigenvalue weighted by atomic mass is 19.4. The zero-order chi connectivity index (χ0) is 19.4. The van der Waals surface area contributed by atoms with E-state index in [1.165, 1.54) is 13.2 Å². The molecule has 3 rings (SSSR count). The highest BCUT2D eigenvalue weighted by Gasteiger charge is 2.31. The van der Waals surface area contributed by atoms with Crippen LogP contribution in [0.25, 0.3) is 0 Å². The average Bonchev–Trinajstić information content (AvgIpc) is 2.67. The Bertz CT molecular complexity index is 787. The number of piperidine rings is 1. The molecule has 0 amide bonds. The summed E-state index contributed by atoms with van der Waals surface area (Å²) in [5.41, 5.74) is 1.68. The summed E-state index contributed by atoms with van der Waals surface area (Å²) >= 11 is 0. The second kappa shape index (κ2) is 8.17. The molecule has 1 aromatic heterocycles. The first-order valence-electron chi connectivity index (χ1n) is 8.93. The summed E-state index contributed by atoms with van der Waals surface area (Å²) in [4.78, 5) is 4.65. The first-order valence-corrected chi connectivity index (χ1v) is 8.93. The van der Waals surface area contributed by atoms with Crippen molar-refractivity contribution in [2.24, 2.45) is 0 Å². The minimum atomic E-state index is -4.41. The van der Waals surface area contributed by atoms with Gasteiger partial charge in [0.1, 0.15) is 12.4 Å². The summed E-state index contributed by atoms with van der Waals surface area (Å²) in [6, 6.07) is 7.41. The van der Waals surface area contributed by atoms with E-state index >= 15 is 0 Å². The van der Waals surface area contributed by atoms with Crippen LogP contribution in [0.1, 0.15) is 41.1 Å². The number of aromatic nitrogens is 1. The molecule has 27 heavy (non-hydrogen) atoms. The Hall–Kier alpha value is -2.28. The van der Waals surface area contributed by atoms with E-state index in [2.05, 4.69) is 10.3 Å². The minimum absolute atomic E-state index is 0.0881. The number of nitrogens with one attached hydrogen (secondary N) is 1. The van der Waals surface area contributed by atoms with Crippen LogP contribution in [0.15, 0.2) is 30.3 Å². The Morgan fingerprint density at radius 1 is 1.15 bits per heavy atom. The zero-order valence-corrected chi connectivity index (χ0v) is 15.4. The summed E-state index contributed by atoms with van der Waals surface area (Å²) in [5, 5.41) is 3.33. The van der Waals surface area contributed by atoms with E-state index in [0.717, 1.165) is 49.3 Å². The van der Waals surface area contributed by atoms with Crippen molar-refractivity contribution in [3.05, 3.63) is 52.7 Å². The zero-order valence-electron chi connectivity index (χ0n) is 15.4. The molecule has 1 N–H and O–H groups in total. The molecule has 146 valence electrons. The Morgan fingerprint density at radius 2 is 1.89 bits per heavy atom. The van der Waals surface area contributed by atoms with Gasteiger partial charge in [-0.05, 0) is 51.1 Å². The lowest BCUT2D eigenvalue weighted by atomic mass is 9.94. The maximum Gasteiger partial charge on any atom is 0.416 e. The molecule has 1 fully saturated rings. The average molecular weight is 380 g/mol. The standard InChI is InChI=1S/C20H23F3N2O2/c1-13-3-6-17(14-7-9-24-10-8-14)25-19(13)27-12-15-4-5-16(20(21,22)23)11-18(15)26-2/h3-6,11,14,24H,7-10,12H2,1-2H3. The maximum absolute atomic E-state index is 12.9. The highest BCUT2D eigenvalue weighted by molar-refractivity contribution is 5.39. The topological polar surface area (TPSA) is 43.4 Å². The van der Waals surface area contributed by atoms with Crippen LogP contribution in [0.4, 0.5) is 13.2 Å². The van der Waals surface area contributed by atoms with Crippen molar-refractivity contribution in [3.63, 3.8) is 0 Å². The summed E-state index contributed by atoms with van der Waals surface area (Å²) in [6.45, 7) is 3.93. The molecule has 7 heteroatoms. The van der Waals surface area contributed by atoms with E-state index in [0.29, 0.717) is 17.4 Å². The molecule has 0 saturated carbocycles. The lowest BCUT2D eigenvalue weighted by Crippen LogP contribution is -2.27. The Kier molecular flexibility index (Phi) is 5.89. The molecule has 2 aromatic rings. The predicted molar refractivity (Wildman–Crippen MR) is 96.1 cm³/mol. The summed E-state index contributed by atoms with van der Waals surface area (Å²) in [7, 11) is 1.35. The molecule has 0 aliphatic carbocycles. The second-order valence-electron chi connectivity index (χ2n) is 6.70. The van der Waals surface area contributed by atoms with E-state index in [-0.39, 0.29) is 12.4 Å². The largest absolute Gasteiger partial charge is 0.496 e. The highest BCUT2D eigenvalue weighted by Crippen LogP contribution is 2.33. The summed E-state index contributed by atoms with van der Waals surface area (Å²) < 4.78 is 49.5. The van der Waals surface area contributed by atoms with E-state index in [1.807, 2.05) is 19.1 Å². The van der Waals surface area contributed by atoms with Crippen LogP contribution in [0.3, 0.4) is 0 Å². The molecule has 0 unspecified atom stereocenters. The van der Waals surface area contributed by atoms with Crippen molar-refractivity contribution in [1.82, 2.24) is 10.3 Å². The molecule has 0 bridgehead atoms. The van der Waals surface area contributed by atoms with Crippen molar-refractivity contribution < 1.29 is 22.6 Å². The van der Waals surface area contributed by atoms with Gasteiger partial charge in [-0.1, -0.05) is 12.1 Å². The van der Waals surface area contributed by atoms with Gasteiger partial charge in [0.05, 0.1) is 12.7 Å². The third-order valence-electron chi connectivity index (χ3n) is 4.81. The monoisotopic (exact) mass is 380 g/mol. The Labute approximate surface area is 156 Å². The van der Waals surface area contributed by atoms with E-state index in [1.54, 1.807) is 0 Å². The number of benzene rings is 1. The minimum Gasteiger partial charge on any atom is -0.496 e. The molecule has 4 nitrogen and oxygen atoms in total. The van der Waals surface area contributed by atoms with Crippen LogP contribution in [0, 0.1) is 6.92 Å². The Morgan fingerprint density at radius 3 is 2.56 bits per heavy atom. The van der Waals surface area contributed by atoms with E-state index in [9.17, 15) is 13.2 Å². The van der Waals surface area contributed by atoms with Gasteiger partial charge in [-0.15, -0.1) is 0 Å². The first kappa shape index (κ1) is 19.5. The van der Waals surface area contributed by atoms with Gasteiger partial charge in [0.25, 0.3) is 0 Å². The molecule has 1 aliphatic heterocycles. The van der Waals surface area contributed by atoms with Gasteiger partial charge in [-0.2, -0.15) is 13.2 Å². The van der Waals surface area contributed by atoms with Crippen molar-refractivity contribution in [1.29, 1.82) is 0 Å². The molecular formula is C20H23F3N2O2. The molecule has 1 saturated heterocycles. The third kappa shape index (κ3) is 4.71. The summed E-state index contributed by atoms with van der Waals surface area (Å²) in [6.07, 6.45) is -2.35. The smallest absolute Gasteiger partial charge is 0.416 e. The Balaban J connectivity index is 1.76. The van der Waals surface area contributed by atoms with Crippen LogP contribution in [0.5, 0.6) is 11.6 Å². The second-order valence-corrected chi connectivity index (χ2v) is 6.70. The molecule has 2 heterocycles. The van der Waals surface area contributed by atoms with Crippen molar-refractivity contribution in [2.75, 3.05) is 20.2 Å². The number of alkyl halides is 3. The number of nitrogens with zero attached hydrogens (tertiary/aromatic N) is 1. The van der Waals surface area contributed by atoms with Gasteiger partial charge in [0.15, 0.2) is 0 Å². The number of ether oxygens (including phenoxy) is 2. The third-order valence-corrected chi connectivity index (χ3v) is 4.81. The molecule has 0 radical (unpaired) electrons. The fourth-order valence-electron chi connectivity index (χ4n) is 3.20. The van der Waals surface area contributed by atoms with E-state index in [4.69, 9.17) is 9.47 Å². The maximum atomic E-state index is 12.9. The molecule has 1 aromatic carbocycles. The summed E-state index contributed by atoms with van der Waals surface area (Å²) in [5.74, 6) is 1.06. The van der Waals surface area contributed by atoms with Gasteiger partial charge in [0.2, 0.25) is 5.88 Å². The number of rotatable bonds is 5. The van der Waals surface area contributed by atoms with Gasteiger partial charge in [-0.25, -0.2) is 4.98 Å². The molecular weight excluding hydrogens is 357 g/mol. The number of pyridine rings is 1. The fraction of sp³-hybridized carbons (Fsp3) is 0.450. The van der Waals surface area contributed by atoms with E-state index < -0.39 is 11.7 Å². The number of hydrogen-bond acceptors (Lipinski definition) is 4. The lowest BCUT2D eigenvalue weighted by molar-refractivity contribution is -0.137. The molecule has 0 atom stereocenters. The van der Waals surface area contributed by atoms with Crippen LogP contribution >= 0.6 is 0 Å². The van der Waals surface area contributed by atoms with Crippen molar-refractivity contribution >= 4 is 0 Å². The predicted octanol–water partition coefficient (Wildman–Crippen LogP) is 4.46. The van der Waals surface area contributed by atoms with Crippen LogP contribution in [-0.2, 0) is 12.8 Å². The number of hydrogen-bond donors (Lipinski definition) is 1. The van der Waals surface area contributed by atoms with Crippen LogP contribution < -0.4 is 14.8 Å². The van der Waals surface area contributed by atoms with Gasteiger partial charge >= 0.3 is 6.18 Å². The van der Waals surface area contributed by atoms with Crippen LogP contribution in [-0.4, -0.2) is 25.2 Å². The molecule has 1 aliphatic rings. The first-order chi connectivity index (χ1) is 12.9. The van der Waals surface area contributed by atoms with Gasteiger partial charge in [0, 0.05) is 22.7 Å². The van der Waals surface area contributed by atoms with Crippen LogP contribution in [0.2, 0.25) is 0 Å². The van der Waals surface area contributed by atoms with Crippen molar-refractivity contribution in [3.8, 4) is 11.6 Å². The molecule has 0 spiro atoms. The number of halogens is 3. The number of methoxy groups -OCH3 is 1. The van der Waals surface area contributed by atoms with Gasteiger partial charge < -0.3 is 14.8 Å². The lowest BCUT2D eigenvalue weighted by Gasteiger charge is -2.23. The normalized spacial score (nSPS) is 15.6. The van der Waals surface area contributed by atoms with Gasteiger partial charge in [-0.3, -0.25) is 0 Å². The quantitative estimate of drug-likeness (QED) is 0.832. The SMILES string of the molecule is COc1cc(C(F)(F)F)ccc1COc1nc(C2CCNCC2)ccc1C. The van der Waals surface area contributed by atoms with Crippen molar-refractivity contribution in [2.45, 2.75) is 38.5 Å². The fourth-order valence-corrected chi connectivity index (χ4v) is 3.20.